The van der Waals surface area contributed by atoms with Crippen LogP contribution in [-0.2, 0) is 4.79 Å². The lowest BCUT2D eigenvalue weighted by Gasteiger charge is -2.26. The third-order valence-electron chi connectivity index (χ3n) is 2.65. The first kappa shape index (κ1) is 12.6. The van der Waals surface area contributed by atoms with Crippen LogP contribution in [0.5, 0.6) is 0 Å². The maximum atomic E-state index is 11.7. The number of nitrogens with zero attached hydrogens (tertiary/aromatic N) is 1. The summed E-state index contributed by atoms with van der Waals surface area (Å²) in [4.78, 5) is 11.7. The number of ketones is 1. The first-order valence-corrected chi connectivity index (χ1v) is 5.03. The van der Waals surface area contributed by atoms with Gasteiger partial charge in [-0.3, -0.25) is 4.79 Å². The molecule has 0 N–H and O–H groups in total. The maximum Gasteiger partial charge on any atom is 0.144 e. The van der Waals surface area contributed by atoms with Gasteiger partial charge in [0.15, 0.2) is 0 Å². The predicted octanol–water partition coefficient (Wildman–Crippen LogP) is 2.09. The third-order valence-corrected chi connectivity index (χ3v) is 2.65. The van der Waals surface area contributed by atoms with E-state index in [1.54, 1.807) is 0 Å². The summed E-state index contributed by atoms with van der Waals surface area (Å²) in [5.74, 6) is 0.392. The standard InChI is InChI=1S/C11H24NO/c1-7-11(2,3)10(13)8-9-12(4,5)6/h7-9H2,1-6H3/q+1. The molecule has 0 aliphatic rings. The molecule has 0 aromatic carbocycles. The third kappa shape index (κ3) is 5.04. The fourth-order valence-corrected chi connectivity index (χ4v) is 0.973. The Bertz CT molecular complexity index is 177. The zero-order valence-electron chi connectivity index (χ0n) is 9.98. The molecule has 0 fully saturated rings. The van der Waals surface area contributed by atoms with Crippen LogP contribution in [0.25, 0.3) is 0 Å². The van der Waals surface area contributed by atoms with Gasteiger partial charge in [0.05, 0.1) is 34.1 Å². The van der Waals surface area contributed by atoms with Gasteiger partial charge in [-0.25, -0.2) is 0 Å². The summed E-state index contributed by atoms with van der Waals surface area (Å²) < 4.78 is 0.867. The Morgan fingerprint density at radius 1 is 1.23 bits per heavy atom. The van der Waals surface area contributed by atoms with Crippen molar-refractivity contribution < 1.29 is 9.28 Å². The molecular formula is C11H24NO+. The average molecular weight is 186 g/mol. The van der Waals surface area contributed by atoms with E-state index >= 15 is 0 Å². The van der Waals surface area contributed by atoms with Gasteiger partial charge >= 0.3 is 0 Å². The summed E-state index contributed by atoms with van der Waals surface area (Å²) in [7, 11) is 6.35. The van der Waals surface area contributed by atoms with Crippen molar-refractivity contribution in [1.29, 1.82) is 0 Å². The number of Topliss-reactive ketones (excluding diaryl/α,β-unsaturated/α-hetero) is 1. The van der Waals surface area contributed by atoms with Crippen molar-refractivity contribution in [3.05, 3.63) is 0 Å². The number of quaternary nitrogens is 1. The van der Waals surface area contributed by atoms with Crippen LogP contribution in [0.4, 0.5) is 0 Å². The van der Waals surface area contributed by atoms with Crippen LogP contribution in [0, 0.1) is 5.41 Å². The Kier molecular flexibility index (Phi) is 4.11. The highest BCUT2D eigenvalue weighted by Gasteiger charge is 2.26. The number of carbonyl (C=O) groups is 1. The first-order valence-electron chi connectivity index (χ1n) is 5.03. The minimum atomic E-state index is -0.130. The molecule has 78 valence electrons. The number of carbonyl (C=O) groups excluding carboxylic acids is 1. The van der Waals surface area contributed by atoms with Crippen molar-refractivity contribution in [1.82, 2.24) is 0 Å². The highest BCUT2D eigenvalue weighted by molar-refractivity contribution is 5.83. The summed E-state index contributed by atoms with van der Waals surface area (Å²) in [6, 6.07) is 0. The average Bonchev–Trinajstić information content (AvgIpc) is 1.98. The number of hydrogen-bond acceptors (Lipinski definition) is 1. The van der Waals surface area contributed by atoms with E-state index in [1.807, 2.05) is 13.8 Å². The van der Waals surface area contributed by atoms with Crippen LogP contribution in [-0.4, -0.2) is 38.0 Å². The van der Waals surface area contributed by atoms with Gasteiger partial charge in [0.2, 0.25) is 0 Å². The summed E-state index contributed by atoms with van der Waals surface area (Å²) >= 11 is 0. The molecule has 0 heterocycles. The normalized spacial score (nSPS) is 13.1. The van der Waals surface area contributed by atoms with E-state index in [0.29, 0.717) is 12.2 Å². The molecule has 2 heteroatoms. The predicted molar refractivity (Wildman–Crippen MR) is 56.6 cm³/mol. The minimum absolute atomic E-state index is 0.130. The van der Waals surface area contributed by atoms with Crippen LogP contribution in [0.1, 0.15) is 33.6 Å². The fraction of sp³-hybridized carbons (Fsp3) is 0.909. The van der Waals surface area contributed by atoms with Crippen LogP contribution in [0.2, 0.25) is 0 Å². The van der Waals surface area contributed by atoms with Gasteiger partial charge in [-0.05, 0) is 6.42 Å². The van der Waals surface area contributed by atoms with Crippen LogP contribution in [0.3, 0.4) is 0 Å². The van der Waals surface area contributed by atoms with Crippen molar-refractivity contribution in [2.45, 2.75) is 33.6 Å². The molecule has 13 heavy (non-hydrogen) atoms. The molecule has 2 nitrogen and oxygen atoms in total. The molecule has 0 saturated heterocycles. The zero-order chi connectivity index (χ0) is 10.7. The second-order valence-electron chi connectivity index (χ2n) is 5.42. The first-order chi connectivity index (χ1) is 5.69. The fourth-order valence-electron chi connectivity index (χ4n) is 0.973. The Hall–Kier alpha value is -0.370. The van der Waals surface area contributed by atoms with Crippen LogP contribution in [0.15, 0.2) is 0 Å². The van der Waals surface area contributed by atoms with Crippen molar-refractivity contribution in [3.8, 4) is 0 Å². The highest BCUT2D eigenvalue weighted by Crippen LogP contribution is 2.22. The Morgan fingerprint density at radius 3 is 2.00 bits per heavy atom. The smallest absolute Gasteiger partial charge is 0.144 e. The van der Waals surface area contributed by atoms with Gasteiger partial charge in [0, 0.05) is 5.41 Å². The Balaban J connectivity index is 4.03. The molecule has 0 aromatic heterocycles. The largest absolute Gasteiger partial charge is 0.331 e. The highest BCUT2D eigenvalue weighted by atomic mass is 16.1. The topological polar surface area (TPSA) is 17.1 Å². The van der Waals surface area contributed by atoms with E-state index in [-0.39, 0.29) is 5.41 Å². The van der Waals surface area contributed by atoms with E-state index in [0.717, 1.165) is 17.4 Å². The monoisotopic (exact) mass is 186 g/mol. The minimum Gasteiger partial charge on any atom is -0.331 e. The molecule has 0 aromatic rings. The molecule has 0 rings (SSSR count). The molecule has 0 aliphatic carbocycles. The van der Waals surface area contributed by atoms with Gasteiger partial charge in [-0.15, -0.1) is 0 Å². The molecule has 0 radical (unpaired) electrons. The molecule has 0 atom stereocenters. The van der Waals surface area contributed by atoms with Gasteiger partial charge in [0.1, 0.15) is 5.78 Å². The second-order valence-corrected chi connectivity index (χ2v) is 5.42. The Labute approximate surface area is 82.5 Å². The summed E-state index contributed by atoms with van der Waals surface area (Å²) in [6.45, 7) is 7.07. The van der Waals surface area contributed by atoms with Crippen molar-refractivity contribution in [2.75, 3.05) is 27.7 Å². The molecule has 0 unspecified atom stereocenters. The van der Waals surface area contributed by atoms with Crippen LogP contribution < -0.4 is 0 Å². The molecule has 0 aliphatic heterocycles. The quantitative estimate of drug-likeness (QED) is 0.601. The van der Waals surface area contributed by atoms with E-state index in [4.69, 9.17) is 0 Å². The van der Waals surface area contributed by atoms with E-state index in [9.17, 15) is 4.79 Å². The number of rotatable bonds is 5. The van der Waals surface area contributed by atoms with Gasteiger partial charge in [-0.2, -0.15) is 0 Å². The lowest BCUT2D eigenvalue weighted by molar-refractivity contribution is -0.869. The van der Waals surface area contributed by atoms with E-state index in [2.05, 4.69) is 28.1 Å². The SMILES string of the molecule is CCC(C)(C)C(=O)CC[N+](C)(C)C. The lowest BCUT2D eigenvalue weighted by atomic mass is 9.84. The second kappa shape index (κ2) is 4.23. The van der Waals surface area contributed by atoms with Crippen LogP contribution >= 0.6 is 0 Å². The molecule has 0 bridgehead atoms. The lowest BCUT2D eigenvalue weighted by Crippen LogP contribution is -2.38. The molecule has 0 saturated carbocycles. The van der Waals surface area contributed by atoms with Crippen molar-refractivity contribution in [2.24, 2.45) is 5.41 Å². The maximum absolute atomic E-state index is 11.7. The van der Waals surface area contributed by atoms with Gasteiger partial charge in [-0.1, -0.05) is 20.8 Å². The van der Waals surface area contributed by atoms with E-state index in [1.165, 1.54) is 0 Å². The molecule has 0 spiro atoms. The van der Waals surface area contributed by atoms with Crippen molar-refractivity contribution in [3.63, 3.8) is 0 Å². The van der Waals surface area contributed by atoms with Gasteiger partial charge < -0.3 is 4.48 Å². The van der Waals surface area contributed by atoms with E-state index < -0.39 is 0 Å². The van der Waals surface area contributed by atoms with Gasteiger partial charge in [0.25, 0.3) is 0 Å². The summed E-state index contributed by atoms with van der Waals surface area (Å²) in [6.07, 6.45) is 1.63. The summed E-state index contributed by atoms with van der Waals surface area (Å²) in [5, 5.41) is 0. The molecular weight excluding hydrogens is 162 g/mol. The van der Waals surface area contributed by atoms with Crippen molar-refractivity contribution >= 4 is 5.78 Å². The summed E-state index contributed by atoms with van der Waals surface area (Å²) in [5.41, 5.74) is -0.130. The Morgan fingerprint density at radius 2 is 1.69 bits per heavy atom. The molecule has 0 amide bonds. The number of hydrogen-bond donors (Lipinski definition) is 0. The zero-order valence-corrected chi connectivity index (χ0v) is 9.98.